The first-order valence-corrected chi connectivity index (χ1v) is 7.60. The molecule has 1 amide bonds. The largest absolute Gasteiger partial charge is 0.341 e. The van der Waals surface area contributed by atoms with Crippen LogP contribution in [-0.2, 0) is 17.8 Å². The van der Waals surface area contributed by atoms with Crippen LogP contribution in [0.3, 0.4) is 0 Å². The van der Waals surface area contributed by atoms with Gasteiger partial charge in [-0.1, -0.05) is 6.92 Å². The van der Waals surface area contributed by atoms with Crippen molar-refractivity contribution in [2.75, 3.05) is 19.6 Å². The Hall–Kier alpha value is -1.43. The normalized spacial score (nSPS) is 26.4. The number of aromatic nitrogens is 3. The van der Waals surface area contributed by atoms with Crippen molar-refractivity contribution in [3.63, 3.8) is 0 Å². The number of amides is 1. The van der Waals surface area contributed by atoms with E-state index in [-0.39, 0.29) is 5.91 Å². The van der Waals surface area contributed by atoms with Crippen LogP contribution in [0.15, 0.2) is 6.33 Å². The lowest BCUT2D eigenvalue weighted by atomic mass is 10.0. The van der Waals surface area contributed by atoms with Crippen LogP contribution < -0.4 is 5.32 Å². The van der Waals surface area contributed by atoms with E-state index in [1.165, 1.54) is 6.42 Å². The third-order valence-corrected chi connectivity index (χ3v) is 4.36. The highest BCUT2D eigenvalue weighted by Crippen LogP contribution is 2.15. The molecule has 1 aromatic heterocycles. The molecular weight excluding hydrogens is 254 g/mol. The van der Waals surface area contributed by atoms with E-state index < -0.39 is 0 Å². The lowest BCUT2D eigenvalue weighted by molar-refractivity contribution is -0.132. The Morgan fingerprint density at radius 3 is 3.20 bits per heavy atom. The molecule has 6 nitrogen and oxygen atoms in total. The van der Waals surface area contributed by atoms with Gasteiger partial charge in [-0.25, -0.2) is 9.67 Å². The zero-order valence-corrected chi connectivity index (χ0v) is 12.1. The molecular formula is C14H23N5O. The third kappa shape index (κ3) is 3.00. The number of rotatable bonds is 3. The van der Waals surface area contributed by atoms with Crippen LogP contribution in [0, 0.1) is 5.92 Å². The minimum absolute atomic E-state index is 0.237. The predicted octanol–water partition coefficient (Wildman–Crippen LogP) is 0.441. The van der Waals surface area contributed by atoms with E-state index in [1.807, 2.05) is 9.58 Å². The Morgan fingerprint density at radius 1 is 1.45 bits per heavy atom. The van der Waals surface area contributed by atoms with Gasteiger partial charge in [0.15, 0.2) is 0 Å². The molecule has 3 heterocycles. The van der Waals surface area contributed by atoms with Gasteiger partial charge < -0.3 is 10.2 Å². The molecule has 2 aliphatic heterocycles. The van der Waals surface area contributed by atoms with Gasteiger partial charge in [0.25, 0.3) is 0 Å². The molecule has 0 spiro atoms. The highest BCUT2D eigenvalue weighted by Gasteiger charge is 2.23. The summed E-state index contributed by atoms with van der Waals surface area (Å²) in [5.41, 5.74) is 0. The van der Waals surface area contributed by atoms with Crippen LogP contribution in [0.4, 0.5) is 0 Å². The third-order valence-electron chi connectivity index (χ3n) is 4.36. The molecule has 2 aliphatic rings. The smallest absolute Gasteiger partial charge is 0.236 e. The zero-order chi connectivity index (χ0) is 13.9. The first-order chi connectivity index (χ1) is 9.72. The van der Waals surface area contributed by atoms with Gasteiger partial charge in [0.05, 0.1) is 13.1 Å². The standard InChI is InChI=1S/C14H23N5O/c1-11-3-2-6-18(8-11)14(20)7-15-12-4-5-13-16-10-17-19(13)9-12/h10-12,15H,2-9H2,1H3/t11-,12+/m1/s1. The van der Waals surface area contributed by atoms with Gasteiger partial charge in [-0.3, -0.25) is 4.79 Å². The van der Waals surface area contributed by atoms with Gasteiger partial charge >= 0.3 is 0 Å². The molecule has 2 atom stereocenters. The fourth-order valence-corrected chi connectivity index (χ4v) is 3.16. The van der Waals surface area contributed by atoms with E-state index in [0.29, 0.717) is 18.5 Å². The first-order valence-electron chi connectivity index (χ1n) is 7.60. The van der Waals surface area contributed by atoms with E-state index in [2.05, 4.69) is 22.3 Å². The van der Waals surface area contributed by atoms with Crippen LogP contribution in [0.2, 0.25) is 0 Å². The number of piperidine rings is 1. The number of carbonyl (C=O) groups excluding carboxylic acids is 1. The van der Waals surface area contributed by atoms with Gasteiger partial charge in [0.2, 0.25) is 5.91 Å². The number of carbonyl (C=O) groups is 1. The van der Waals surface area contributed by atoms with Crippen LogP contribution in [-0.4, -0.2) is 51.2 Å². The van der Waals surface area contributed by atoms with Crippen molar-refractivity contribution in [2.24, 2.45) is 5.92 Å². The van der Waals surface area contributed by atoms with Gasteiger partial charge in [-0.2, -0.15) is 5.10 Å². The molecule has 6 heteroatoms. The maximum absolute atomic E-state index is 12.2. The van der Waals surface area contributed by atoms with Crippen molar-refractivity contribution in [3.8, 4) is 0 Å². The van der Waals surface area contributed by atoms with Gasteiger partial charge in [-0.15, -0.1) is 0 Å². The summed E-state index contributed by atoms with van der Waals surface area (Å²) in [5.74, 6) is 1.93. The van der Waals surface area contributed by atoms with Crippen molar-refractivity contribution < 1.29 is 4.79 Å². The van der Waals surface area contributed by atoms with E-state index in [1.54, 1.807) is 6.33 Å². The van der Waals surface area contributed by atoms with Crippen LogP contribution >= 0.6 is 0 Å². The molecule has 110 valence electrons. The number of hydrogen-bond donors (Lipinski definition) is 1. The summed E-state index contributed by atoms with van der Waals surface area (Å²) >= 11 is 0. The Labute approximate surface area is 119 Å². The number of nitrogens with one attached hydrogen (secondary N) is 1. The summed E-state index contributed by atoms with van der Waals surface area (Å²) in [7, 11) is 0. The first kappa shape index (κ1) is 13.5. The molecule has 0 aromatic carbocycles. The SMILES string of the molecule is C[C@@H]1CCCN(C(=O)CN[C@H]2CCc3ncnn3C2)C1. The zero-order valence-electron chi connectivity index (χ0n) is 12.1. The molecule has 1 aromatic rings. The molecule has 1 fully saturated rings. The molecule has 0 saturated carbocycles. The fourth-order valence-electron chi connectivity index (χ4n) is 3.16. The Kier molecular flexibility index (Phi) is 4.00. The Balaban J connectivity index is 1.47. The van der Waals surface area contributed by atoms with Gasteiger partial charge in [0.1, 0.15) is 12.2 Å². The molecule has 1 saturated heterocycles. The van der Waals surface area contributed by atoms with Crippen molar-refractivity contribution in [1.29, 1.82) is 0 Å². The second-order valence-electron chi connectivity index (χ2n) is 6.06. The number of aryl methyl sites for hydroxylation is 1. The molecule has 0 unspecified atom stereocenters. The topological polar surface area (TPSA) is 63.1 Å². The highest BCUT2D eigenvalue weighted by atomic mass is 16.2. The maximum Gasteiger partial charge on any atom is 0.236 e. The summed E-state index contributed by atoms with van der Waals surface area (Å²) in [5, 5.41) is 7.59. The summed E-state index contributed by atoms with van der Waals surface area (Å²) in [6.45, 7) is 5.32. The van der Waals surface area contributed by atoms with Gasteiger partial charge in [-0.05, 0) is 25.2 Å². The lowest BCUT2D eigenvalue weighted by Gasteiger charge is -2.32. The maximum atomic E-state index is 12.2. The highest BCUT2D eigenvalue weighted by molar-refractivity contribution is 5.78. The molecule has 3 rings (SSSR count). The van der Waals surface area contributed by atoms with Crippen LogP contribution in [0.25, 0.3) is 0 Å². The monoisotopic (exact) mass is 277 g/mol. The molecule has 0 aliphatic carbocycles. The average molecular weight is 277 g/mol. The second kappa shape index (κ2) is 5.91. The van der Waals surface area contributed by atoms with Gasteiger partial charge in [0, 0.05) is 25.6 Å². The number of nitrogens with zero attached hydrogens (tertiary/aromatic N) is 4. The van der Waals surface area contributed by atoms with Crippen LogP contribution in [0.1, 0.15) is 32.0 Å². The Morgan fingerprint density at radius 2 is 2.35 bits per heavy atom. The van der Waals surface area contributed by atoms with Crippen molar-refractivity contribution in [2.45, 2.75) is 45.2 Å². The van der Waals surface area contributed by atoms with Crippen molar-refractivity contribution in [3.05, 3.63) is 12.2 Å². The van der Waals surface area contributed by atoms with Crippen molar-refractivity contribution >= 4 is 5.91 Å². The lowest BCUT2D eigenvalue weighted by Crippen LogP contribution is -2.47. The van der Waals surface area contributed by atoms with E-state index in [9.17, 15) is 4.79 Å². The summed E-state index contributed by atoms with van der Waals surface area (Å²) in [6.07, 6.45) is 5.96. The predicted molar refractivity (Wildman–Crippen MR) is 75.1 cm³/mol. The average Bonchev–Trinajstić information content (AvgIpc) is 2.92. The number of hydrogen-bond acceptors (Lipinski definition) is 4. The summed E-state index contributed by atoms with van der Waals surface area (Å²) < 4.78 is 1.94. The minimum atomic E-state index is 0.237. The molecule has 0 radical (unpaired) electrons. The van der Waals surface area contributed by atoms with E-state index in [4.69, 9.17) is 0 Å². The molecule has 0 bridgehead atoms. The summed E-state index contributed by atoms with van der Waals surface area (Å²) in [6, 6.07) is 0.329. The van der Waals surface area contributed by atoms with Crippen molar-refractivity contribution in [1.82, 2.24) is 25.0 Å². The Bertz CT molecular complexity index is 472. The fraction of sp³-hybridized carbons (Fsp3) is 0.786. The second-order valence-corrected chi connectivity index (χ2v) is 6.06. The van der Waals surface area contributed by atoms with E-state index in [0.717, 1.165) is 44.7 Å². The van der Waals surface area contributed by atoms with E-state index >= 15 is 0 Å². The minimum Gasteiger partial charge on any atom is -0.341 e. The number of likely N-dealkylation sites (tertiary alicyclic amines) is 1. The van der Waals surface area contributed by atoms with Crippen LogP contribution in [0.5, 0.6) is 0 Å². The summed E-state index contributed by atoms with van der Waals surface area (Å²) in [4.78, 5) is 18.4. The molecule has 1 N–H and O–H groups in total. The quantitative estimate of drug-likeness (QED) is 0.871. The molecule has 20 heavy (non-hydrogen) atoms. The number of fused-ring (bicyclic) bond motifs is 1.